The van der Waals surface area contributed by atoms with Crippen molar-refractivity contribution < 1.29 is 4.39 Å². The molecule has 2 heteroatoms. The molecule has 0 N–H and O–H groups in total. The Bertz CT molecular complexity index is 675. The van der Waals surface area contributed by atoms with Crippen LogP contribution < -0.4 is 0 Å². The minimum atomic E-state index is -0.208. The smallest absolute Gasteiger partial charge is 0.131 e. The van der Waals surface area contributed by atoms with E-state index in [1.165, 1.54) is 6.07 Å². The van der Waals surface area contributed by atoms with Gasteiger partial charge < -0.3 is 0 Å². The molecule has 0 aliphatic heterocycles. The van der Waals surface area contributed by atoms with Crippen LogP contribution in [0, 0.1) is 17.1 Å². The first-order chi connectivity index (χ1) is 9.91. The molecule has 0 unspecified atom stereocenters. The average molecular weight is 281 g/mol. The number of hydrogen-bond acceptors (Lipinski definition) is 1. The van der Waals surface area contributed by atoms with E-state index in [0.29, 0.717) is 18.4 Å². The minimum Gasteiger partial charge on any atom is -0.206 e. The predicted molar refractivity (Wildman–Crippen MR) is 84.5 cm³/mol. The third kappa shape index (κ3) is 3.70. The lowest BCUT2D eigenvalue weighted by Crippen LogP contribution is -2.11. The average Bonchev–Trinajstić information content (AvgIpc) is 2.44. The molecule has 2 aromatic rings. The van der Waals surface area contributed by atoms with Gasteiger partial charge in [0.2, 0.25) is 0 Å². The van der Waals surface area contributed by atoms with Crippen molar-refractivity contribution in [3.8, 4) is 17.2 Å². The monoisotopic (exact) mass is 281 g/mol. The maximum Gasteiger partial charge on any atom is 0.131 e. The Kier molecular flexibility index (Phi) is 4.43. The molecule has 0 spiro atoms. The van der Waals surface area contributed by atoms with Crippen LogP contribution in [0.25, 0.3) is 11.1 Å². The van der Waals surface area contributed by atoms with E-state index in [2.05, 4.69) is 26.8 Å². The maximum absolute atomic E-state index is 14.2. The van der Waals surface area contributed by atoms with Crippen LogP contribution in [0.2, 0.25) is 0 Å². The number of rotatable bonds is 3. The largest absolute Gasteiger partial charge is 0.206 e. The Morgan fingerprint density at radius 2 is 1.86 bits per heavy atom. The molecule has 2 rings (SSSR count). The van der Waals surface area contributed by atoms with Crippen LogP contribution in [0.15, 0.2) is 42.5 Å². The Hall–Kier alpha value is -2.14. The normalized spacial score (nSPS) is 11.2. The van der Waals surface area contributed by atoms with E-state index in [1.54, 1.807) is 0 Å². The fourth-order valence-electron chi connectivity index (χ4n) is 2.31. The molecular weight excluding hydrogens is 261 g/mol. The van der Waals surface area contributed by atoms with E-state index in [1.807, 2.05) is 36.4 Å². The van der Waals surface area contributed by atoms with Crippen LogP contribution in [0.5, 0.6) is 0 Å². The van der Waals surface area contributed by atoms with Crippen LogP contribution in [0.4, 0.5) is 4.39 Å². The molecule has 0 atom stereocenters. The zero-order valence-corrected chi connectivity index (χ0v) is 12.8. The van der Waals surface area contributed by atoms with Crippen molar-refractivity contribution in [2.45, 2.75) is 39.0 Å². The van der Waals surface area contributed by atoms with Gasteiger partial charge in [-0.2, -0.15) is 5.26 Å². The summed E-state index contributed by atoms with van der Waals surface area (Å²) in [6.07, 6.45) is 1.18. The lowest BCUT2D eigenvalue weighted by molar-refractivity contribution is 0.584. The van der Waals surface area contributed by atoms with E-state index in [4.69, 9.17) is 5.26 Å². The molecule has 0 amide bonds. The molecule has 0 aromatic heterocycles. The van der Waals surface area contributed by atoms with Gasteiger partial charge in [0.1, 0.15) is 5.82 Å². The second kappa shape index (κ2) is 6.10. The molecule has 0 fully saturated rings. The third-order valence-electron chi connectivity index (χ3n) is 3.60. The first kappa shape index (κ1) is 15.3. The highest BCUT2D eigenvalue weighted by Gasteiger charge is 2.16. The fourth-order valence-corrected chi connectivity index (χ4v) is 2.31. The summed E-state index contributed by atoms with van der Waals surface area (Å²) in [5.74, 6) is -0.208. The third-order valence-corrected chi connectivity index (χ3v) is 3.60. The first-order valence-corrected chi connectivity index (χ1v) is 7.18. The van der Waals surface area contributed by atoms with Crippen molar-refractivity contribution in [1.29, 1.82) is 5.26 Å². The summed E-state index contributed by atoms with van der Waals surface area (Å²) in [6, 6.07) is 15.2. The molecule has 108 valence electrons. The Balaban J connectivity index is 2.44. The molecule has 0 heterocycles. The van der Waals surface area contributed by atoms with Crippen LogP contribution in [-0.4, -0.2) is 0 Å². The standard InChI is InChI=1S/C19H20FN/c1-19(2,3)16-9-10-18(20)17(13-16)15-8-4-6-14(12-15)7-5-11-21/h4,6,8-10,12-13H,5,7H2,1-3H3. The van der Waals surface area contributed by atoms with Gasteiger partial charge in [-0.1, -0.05) is 51.1 Å². The summed E-state index contributed by atoms with van der Waals surface area (Å²) in [7, 11) is 0. The van der Waals surface area contributed by atoms with Gasteiger partial charge in [-0.05, 0) is 40.7 Å². The summed E-state index contributed by atoms with van der Waals surface area (Å²) in [5.41, 5.74) is 3.66. The molecule has 2 aromatic carbocycles. The summed E-state index contributed by atoms with van der Waals surface area (Å²) < 4.78 is 14.2. The van der Waals surface area contributed by atoms with E-state index in [0.717, 1.165) is 16.7 Å². The molecule has 0 bridgehead atoms. The van der Waals surface area contributed by atoms with Crippen molar-refractivity contribution in [2.24, 2.45) is 0 Å². The van der Waals surface area contributed by atoms with Crippen molar-refractivity contribution in [3.63, 3.8) is 0 Å². The Labute approximate surface area is 126 Å². The van der Waals surface area contributed by atoms with Gasteiger partial charge in [0.15, 0.2) is 0 Å². The van der Waals surface area contributed by atoms with Crippen molar-refractivity contribution in [3.05, 3.63) is 59.4 Å². The molecule has 1 nitrogen and oxygen atoms in total. The zero-order chi connectivity index (χ0) is 15.5. The number of hydrogen-bond donors (Lipinski definition) is 0. The Morgan fingerprint density at radius 1 is 1.10 bits per heavy atom. The minimum absolute atomic E-state index is 0.0130. The van der Waals surface area contributed by atoms with Crippen LogP contribution in [-0.2, 0) is 11.8 Å². The van der Waals surface area contributed by atoms with Gasteiger partial charge in [-0.15, -0.1) is 0 Å². The first-order valence-electron chi connectivity index (χ1n) is 7.18. The topological polar surface area (TPSA) is 23.8 Å². The van der Waals surface area contributed by atoms with Crippen LogP contribution in [0.3, 0.4) is 0 Å². The van der Waals surface area contributed by atoms with Gasteiger partial charge in [-0.3, -0.25) is 0 Å². The van der Waals surface area contributed by atoms with Gasteiger partial charge in [-0.25, -0.2) is 4.39 Å². The number of aryl methyl sites for hydroxylation is 1. The highest BCUT2D eigenvalue weighted by molar-refractivity contribution is 5.66. The summed E-state index contributed by atoms with van der Waals surface area (Å²) >= 11 is 0. The molecular formula is C19H20FN. The van der Waals surface area contributed by atoms with E-state index in [-0.39, 0.29) is 11.2 Å². The van der Waals surface area contributed by atoms with Crippen LogP contribution >= 0.6 is 0 Å². The summed E-state index contributed by atoms with van der Waals surface area (Å²) in [4.78, 5) is 0. The fraction of sp³-hybridized carbons (Fsp3) is 0.316. The summed E-state index contributed by atoms with van der Waals surface area (Å²) in [5, 5.41) is 8.67. The van der Waals surface area contributed by atoms with Gasteiger partial charge >= 0.3 is 0 Å². The molecule has 0 radical (unpaired) electrons. The predicted octanol–water partition coefficient (Wildman–Crippen LogP) is 5.25. The second-order valence-corrected chi connectivity index (χ2v) is 6.30. The lowest BCUT2D eigenvalue weighted by atomic mass is 9.85. The quantitative estimate of drug-likeness (QED) is 0.754. The summed E-state index contributed by atoms with van der Waals surface area (Å²) in [6.45, 7) is 6.36. The SMILES string of the molecule is CC(C)(C)c1ccc(F)c(-c2cccc(CCC#N)c2)c1. The molecule has 0 saturated heterocycles. The zero-order valence-electron chi connectivity index (χ0n) is 12.8. The number of halogens is 1. The van der Waals surface area contributed by atoms with Crippen LogP contribution in [0.1, 0.15) is 38.3 Å². The number of nitriles is 1. The second-order valence-electron chi connectivity index (χ2n) is 6.30. The van der Waals surface area contributed by atoms with Gasteiger partial charge in [0, 0.05) is 12.0 Å². The molecule has 0 aliphatic rings. The van der Waals surface area contributed by atoms with E-state index >= 15 is 0 Å². The highest BCUT2D eigenvalue weighted by atomic mass is 19.1. The highest BCUT2D eigenvalue weighted by Crippen LogP contribution is 2.30. The number of benzene rings is 2. The van der Waals surface area contributed by atoms with Crippen molar-refractivity contribution in [1.82, 2.24) is 0 Å². The van der Waals surface area contributed by atoms with Crippen molar-refractivity contribution >= 4 is 0 Å². The van der Waals surface area contributed by atoms with E-state index < -0.39 is 0 Å². The number of nitrogens with zero attached hydrogens (tertiary/aromatic N) is 1. The van der Waals surface area contributed by atoms with Gasteiger partial charge in [0.05, 0.1) is 6.07 Å². The molecule has 21 heavy (non-hydrogen) atoms. The Morgan fingerprint density at radius 3 is 2.52 bits per heavy atom. The van der Waals surface area contributed by atoms with Gasteiger partial charge in [0.25, 0.3) is 0 Å². The van der Waals surface area contributed by atoms with E-state index in [9.17, 15) is 4.39 Å². The lowest BCUT2D eigenvalue weighted by Gasteiger charge is -2.20. The maximum atomic E-state index is 14.2. The molecule has 0 aliphatic carbocycles. The van der Waals surface area contributed by atoms with Crippen molar-refractivity contribution in [2.75, 3.05) is 0 Å². The molecule has 0 saturated carbocycles.